The molecule has 21 heavy (non-hydrogen) atoms. The summed E-state index contributed by atoms with van der Waals surface area (Å²) < 4.78 is 1.03. The van der Waals surface area contributed by atoms with E-state index in [1.54, 1.807) is 0 Å². The van der Waals surface area contributed by atoms with Crippen LogP contribution in [-0.4, -0.2) is 31.1 Å². The lowest BCUT2D eigenvalue weighted by atomic mass is 9.80. The van der Waals surface area contributed by atoms with Crippen molar-refractivity contribution in [3.8, 4) is 0 Å². The summed E-state index contributed by atoms with van der Waals surface area (Å²) in [5.41, 5.74) is 1.43. The Labute approximate surface area is 141 Å². The van der Waals surface area contributed by atoms with Gasteiger partial charge in [-0.25, -0.2) is 0 Å². The normalized spacial score (nSPS) is 23.1. The largest absolute Gasteiger partial charge is 0.314 e. The molecule has 0 radical (unpaired) electrons. The second-order valence-corrected chi connectivity index (χ2v) is 7.56. The van der Waals surface area contributed by atoms with Gasteiger partial charge in [-0.05, 0) is 52.4 Å². The monoisotopic (exact) mass is 370 g/mol. The molecule has 1 atom stereocenters. The summed E-state index contributed by atoms with van der Waals surface area (Å²) in [5, 5.41) is 4.28. The maximum Gasteiger partial charge on any atom is 0.0548 e. The molecule has 1 aromatic rings. The highest BCUT2D eigenvalue weighted by Crippen LogP contribution is 2.40. The molecule has 0 amide bonds. The van der Waals surface area contributed by atoms with E-state index in [1.807, 2.05) is 6.07 Å². The van der Waals surface area contributed by atoms with Crippen LogP contribution in [0.5, 0.6) is 0 Å². The smallest absolute Gasteiger partial charge is 0.0548 e. The average molecular weight is 372 g/mol. The molecule has 1 saturated heterocycles. The predicted molar refractivity (Wildman–Crippen MR) is 92.9 cm³/mol. The summed E-state index contributed by atoms with van der Waals surface area (Å²) in [6.45, 7) is 4.53. The molecule has 2 fully saturated rings. The lowest BCUT2D eigenvalue weighted by Gasteiger charge is -2.41. The molecular formula is C17H24BrClN2. The number of halogens is 2. The zero-order valence-electron chi connectivity index (χ0n) is 12.5. The molecule has 1 saturated carbocycles. The van der Waals surface area contributed by atoms with Gasteiger partial charge in [0, 0.05) is 36.7 Å². The maximum absolute atomic E-state index is 6.19. The first kappa shape index (κ1) is 15.8. The molecule has 0 unspecified atom stereocenters. The SMILES string of the molecule is Clc1ccc([C@H](C2CCCCC2)N2CCNCC2)cc1Br. The van der Waals surface area contributed by atoms with Crippen LogP contribution in [0, 0.1) is 5.92 Å². The fourth-order valence-electron chi connectivity index (χ4n) is 3.89. The summed E-state index contributed by atoms with van der Waals surface area (Å²) in [6.07, 6.45) is 6.93. The third-order valence-corrected chi connectivity index (χ3v) is 6.14. The molecule has 3 rings (SSSR count). The third kappa shape index (κ3) is 3.82. The van der Waals surface area contributed by atoms with Crippen LogP contribution < -0.4 is 5.32 Å². The van der Waals surface area contributed by atoms with Crippen molar-refractivity contribution in [2.75, 3.05) is 26.2 Å². The van der Waals surface area contributed by atoms with Crippen LogP contribution in [0.25, 0.3) is 0 Å². The minimum absolute atomic E-state index is 0.556. The summed E-state index contributed by atoms with van der Waals surface area (Å²) in [6, 6.07) is 7.07. The van der Waals surface area contributed by atoms with Gasteiger partial charge in [0.2, 0.25) is 0 Å². The van der Waals surface area contributed by atoms with E-state index in [2.05, 4.69) is 38.3 Å². The number of hydrogen-bond acceptors (Lipinski definition) is 2. The van der Waals surface area contributed by atoms with Gasteiger partial charge in [-0.3, -0.25) is 4.90 Å². The summed E-state index contributed by atoms with van der Waals surface area (Å²) in [7, 11) is 0. The summed E-state index contributed by atoms with van der Waals surface area (Å²) in [5.74, 6) is 0.796. The van der Waals surface area contributed by atoms with Gasteiger partial charge in [-0.1, -0.05) is 36.9 Å². The van der Waals surface area contributed by atoms with Gasteiger partial charge in [-0.2, -0.15) is 0 Å². The molecule has 0 bridgehead atoms. The van der Waals surface area contributed by atoms with Gasteiger partial charge in [0.15, 0.2) is 0 Å². The Morgan fingerprint density at radius 2 is 1.86 bits per heavy atom. The van der Waals surface area contributed by atoms with Crippen molar-refractivity contribution in [2.24, 2.45) is 5.92 Å². The van der Waals surface area contributed by atoms with Gasteiger partial charge in [0.05, 0.1) is 5.02 Å². The van der Waals surface area contributed by atoms with E-state index in [0.717, 1.165) is 41.6 Å². The highest BCUT2D eigenvalue weighted by atomic mass is 79.9. The van der Waals surface area contributed by atoms with E-state index >= 15 is 0 Å². The van der Waals surface area contributed by atoms with E-state index in [1.165, 1.54) is 37.7 Å². The molecule has 1 N–H and O–H groups in total. The zero-order valence-corrected chi connectivity index (χ0v) is 14.8. The van der Waals surface area contributed by atoms with E-state index in [9.17, 15) is 0 Å². The summed E-state index contributed by atoms with van der Waals surface area (Å²) in [4.78, 5) is 2.68. The number of benzene rings is 1. The minimum atomic E-state index is 0.556. The first-order valence-corrected chi connectivity index (χ1v) is 9.32. The molecule has 0 spiro atoms. The predicted octanol–water partition coefficient (Wildman–Crippen LogP) is 4.63. The number of nitrogens with one attached hydrogen (secondary N) is 1. The molecule has 4 heteroatoms. The van der Waals surface area contributed by atoms with Crippen molar-refractivity contribution >= 4 is 27.5 Å². The highest BCUT2D eigenvalue weighted by molar-refractivity contribution is 9.10. The Kier molecular flexibility index (Phi) is 5.60. The van der Waals surface area contributed by atoms with Crippen LogP contribution in [0.15, 0.2) is 22.7 Å². The zero-order chi connectivity index (χ0) is 14.7. The van der Waals surface area contributed by atoms with Crippen molar-refractivity contribution in [3.05, 3.63) is 33.3 Å². The van der Waals surface area contributed by atoms with Crippen LogP contribution in [0.1, 0.15) is 43.7 Å². The molecule has 2 nitrogen and oxygen atoms in total. The second kappa shape index (κ2) is 7.45. The van der Waals surface area contributed by atoms with Crippen molar-refractivity contribution in [1.82, 2.24) is 10.2 Å². The first-order chi connectivity index (χ1) is 10.3. The maximum atomic E-state index is 6.19. The molecule has 116 valence electrons. The van der Waals surface area contributed by atoms with E-state index in [4.69, 9.17) is 11.6 Å². The Morgan fingerprint density at radius 3 is 2.52 bits per heavy atom. The van der Waals surface area contributed by atoms with Crippen molar-refractivity contribution in [2.45, 2.75) is 38.1 Å². The molecule has 1 aliphatic heterocycles. The number of hydrogen-bond donors (Lipinski definition) is 1. The van der Waals surface area contributed by atoms with Gasteiger partial charge in [0.1, 0.15) is 0 Å². The van der Waals surface area contributed by atoms with Gasteiger partial charge in [-0.15, -0.1) is 0 Å². The Hall–Kier alpha value is -0.0900. The first-order valence-electron chi connectivity index (χ1n) is 8.15. The molecular weight excluding hydrogens is 348 g/mol. The molecule has 1 aromatic carbocycles. The highest BCUT2D eigenvalue weighted by Gasteiger charge is 2.31. The molecule has 1 heterocycles. The second-order valence-electron chi connectivity index (χ2n) is 6.30. The average Bonchev–Trinajstić information content (AvgIpc) is 2.53. The van der Waals surface area contributed by atoms with E-state index < -0.39 is 0 Å². The lowest BCUT2D eigenvalue weighted by Crippen LogP contribution is -2.47. The number of rotatable bonds is 3. The van der Waals surface area contributed by atoms with Gasteiger partial charge >= 0.3 is 0 Å². The quantitative estimate of drug-likeness (QED) is 0.833. The van der Waals surface area contributed by atoms with E-state index in [-0.39, 0.29) is 0 Å². The lowest BCUT2D eigenvalue weighted by molar-refractivity contribution is 0.103. The van der Waals surface area contributed by atoms with Crippen molar-refractivity contribution in [1.29, 1.82) is 0 Å². The molecule has 1 aliphatic carbocycles. The molecule has 2 aliphatic rings. The topological polar surface area (TPSA) is 15.3 Å². The van der Waals surface area contributed by atoms with Crippen molar-refractivity contribution < 1.29 is 0 Å². The van der Waals surface area contributed by atoms with E-state index in [0.29, 0.717) is 6.04 Å². The third-order valence-electron chi connectivity index (χ3n) is 4.93. The Bertz CT molecular complexity index is 450. The Balaban J connectivity index is 1.87. The number of piperazine rings is 1. The van der Waals surface area contributed by atoms with Crippen LogP contribution in [0.3, 0.4) is 0 Å². The fraction of sp³-hybridized carbons (Fsp3) is 0.647. The summed E-state index contributed by atoms with van der Waals surface area (Å²) >= 11 is 9.79. The van der Waals surface area contributed by atoms with Crippen molar-refractivity contribution in [3.63, 3.8) is 0 Å². The minimum Gasteiger partial charge on any atom is -0.314 e. The van der Waals surface area contributed by atoms with Gasteiger partial charge in [0.25, 0.3) is 0 Å². The number of nitrogens with zero attached hydrogens (tertiary/aromatic N) is 1. The van der Waals surface area contributed by atoms with Crippen LogP contribution in [0.2, 0.25) is 5.02 Å². The molecule has 0 aromatic heterocycles. The van der Waals surface area contributed by atoms with Gasteiger partial charge < -0.3 is 5.32 Å². The van der Waals surface area contributed by atoms with Crippen LogP contribution in [0.4, 0.5) is 0 Å². The Morgan fingerprint density at radius 1 is 1.14 bits per heavy atom. The van der Waals surface area contributed by atoms with Crippen LogP contribution in [-0.2, 0) is 0 Å². The van der Waals surface area contributed by atoms with Crippen LogP contribution >= 0.6 is 27.5 Å². The standard InChI is InChI=1S/C17H24BrClN2/c18-15-12-14(6-7-16(15)19)17(13-4-2-1-3-5-13)21-10-8-20-9-11-21/h6-7,12-13,17,20H,1-5,8-11H2/t17-/m0/s1. The fourth-order valence-corrected chi connectivity index (χ4v) is 4.40.